The van der Waals surface area contributed by atoms with Crippen LogP contribution in [0.25, 0.3) is 10.1 Å². The van der Waals surface area contributed by atoms with Crippen LogP contribution in [0.3, 0.4) is 0 Å². The van der Waals surface area contributed by atoms with E-state index in [0.717, 1.165) is 52.9 Å². The molecule has 1 aromatic heterocycles. The summed E-state index contributed by atoms with van der Waals surface area (Å²) in [7, 11) is 0. The van der Waals surface area contributed by atoms with E-state index >= 15 is 0 Å². The first-order valence-corrected chi connectivity index (χ1v) is 8.35. The molecule has 2 aromatic rings. The topological polar surface area (TPSA) is 49.6 Å². The van der Waals surface area contributed by atoms with Crippen LogP contribution in [0.1, 0.15) is 22.5 Å². The molecule has 0 spiro atoms. The standard InChI is InChI=1S/C16H19N3OS/c17-12-1-4-14-11(9-12)10-15(21-14)16(20)19-7-5-18(6-8-19)13-2-3-13/h1,4,9-10,13H,2-3,5-8,17H2. The van der Waals surface area contributed by atoms with Crippen molar-refractivity contribution in [1.82, 2.24) is 9.80 Å². The van der Waals surface area contributed by atoms with Crippen molar-refractivity contribution in [3.8, 4) is 0 Å². The Hall–Kier alpha value is -1.59. The zero-order chi connectivity index (χ0) is 14.4. The van der Waals surface area contributed by atoms with Crippen LogP contribution in [0.5, 0.6) is 0 Å². The number of carbonyl (C=O) groups excluding carboxylic acids is 1. The third-order valence-electron chi connectivity index (χ3n) is 4.42. The molecule has 4 rings (SSSR count). The molecular formula is C16H19N3OS. The lowest BCUT2D eigenvalue weighted by Crippen LogP contribution is -2.49. The molecule has 0 atom stereocenters. The molecule has 21 heavy (non-hydrogen) atoms. The third kappa shape index (κ3) is 2.51. The summed E-state index contributed by atoms with van der Waals surface area (Å²) in [5.74, 6) is 0.171. The van der Waals surface area contributed by atoms with E-state index < -0.39 is 0 Å². The third-order valence-corrected chi connectivity index (χ3v) is 5.52. The Morgan fingerprint density at radius 2 is 1.90 bits per heavy atom. The molecule has 1 saturated heterocycles. The van der Waals surface area contributed by atoms with Crippen LogP contribution in [0, 0.1) is 0 Å². The average molecular weight is 301 g/mol. The second-order valence-electron chi connectivity index (χ2n) is 5.97. The van der Waals surface area contributed by atoms with E-state index in [-0.39, 0.29) is 5.91 Å². The van der Waals surface area contributed by atoms with Gasteiger partial charge in [-0.25, -0.2) is 0 Å². The molecule has 0 radical (unpaired) electrons. The number of rotatable bonds is 2. The fraction of sp³-hybridized carbons (Fsp3) is 0.438. The van der Waals surface area contributed by atoms with Crippen molar-refractivity contribution >= 4 is 33.0 Å². The van der Waals surface area contributed by atoms with Gasteiger partial charge in [0.2, 0.25) is 0 Å². The van der Waals surface area contributed by atoms with E-state index in [1.54, 1.807) is 11.3 Å². The largest absolute Gasteiger partial charge is 0.399 e. The molecule has 1 aromatic carbocycles. The number of amides is 1. The van der Waals surface area contributed by atoms with Gasteiger partial charge < -0.3 is 10.6 Å². The lowest BCUT2D eigenvalue weighted by Gasteiger charge is -2.34. The highest BCUT2D eigenvalue weighted by Crippen LogP contribution is 2.30. The summed E-state index contributed by atoms with van der Waals surface area (Å²) in [6, 6.07) is 8.60. The number of hydrogen-bond acceptors (Lipinski definition) is 4. The van der Waals surface area contributed by atoms with Crippen molar-refractivity contribution in [1.29, 1.82) is 0 Å². The van der Waals surface area contributed by atoms with Gasteiger partial charge in [0, 0.05) is 42.6 Å². The number of nitrogens with zero attached hydrogens (tertiary/aromatic N) is 2. The molecular weight excluding hydrogens is 282 g/mol. The molecule has 1 aliphatic carbocycles. The Balaban J connectivity index is 1.50. The number of nitrogens with two attached hydrogens (primary N) is 1. The zero-order valence-electron chi connectivity index (χ0n) is 11.9. The van der Waals surface area contributed by atoms with Crippen LogP contribution in [-0.2, 0) is 0 Å². The summed E-state index contributed by atoms with van der Waals surface area (Å²) in [5.41, 5.74) is 6.55. The van der Waals surface area contributed by atoms with Gasteiger partial charge >= 0.3 is 0 Å². The van der Waals surface area contributed by atoms with E-state index in [0.29, 0.717) is 0 Å². The summed E-state index contributed by atoms with van der Waals surface area (Å²) in [6.07, 6.45) is 2.68. The van der Waals surface area contributed by atoms with Gasteiger partial charge in [-0.1, -0.05) is 0 Å². The number of benzene rings is 1. The van der Waals surface area contributed by atoms with Crippen molar-refractivity contribution in [3.63, 3.8) is 0 Å². The SMILES string of the molecule is Nc1ccc2sc(C(=O)N3CCN(C4CC4)CC3)cc2c1. The Labute approximate surface area is 128 Å². The predicted octanol–water partition coefficient (Wildman–Crippen LogP) is 2.40. The second-order valence-corrected chi connectivity index (χ2v) is 7.05. The Morgan fingerprint density at radius 3 is 2.62 bits per heavy atom. The number of hydrogen-bond donors (Lipinski definition) is 1. The number of nitrogen functional groups attached to an aromatic ring is 1. The van der Waals surface area contributed by atoms with Gasteiger partial charge in [0.15, 0.2) is 0 Å². The second kappa shape index (κ2) is 5.00. The van der Waals surface area contributed by atoms with Crippen molar-refractivity contribution in [3.05, 3.63) is 29.1 Å². The minimum Gasteiger partial charge on any atom is -0.399 e. The first-order chi connectivity index (χ1) is 10.2. The van der Waals surface area contributed by atoms with Crippen LogP contribution < -0.4 is 5.73 Å². The zero-order valence-corrected chi connectivity index (χ0v) is 12.7. The van der Waals surface area contributed by atoms with E-state index in [1.165, 1.54) is 12.8 Å². The molecule has 1 saturated carbocycles. The summed E-state index contributed by atoms with van der Waals surface area (Å²) >= 11 is 1.57. The number of thiophene rings is 1. The lowest BCUT2D eigenvalue weighted by molar-refractivity contribution is 0.0632. The van der Waals surface area contributed by atoms with Gasteiger partial charge in [-0.2, -0.15) is 0 Å². The molecule has 1 aliphatic heterocycles. The van der Waals surface area contributed by atoms with Crippen molar-refractivity contribution in [2.24, 2.45) is 0 Å². The van der Waals surface area contributed by atoms with Crippen LogP contribution in [-0.4, -0.2) is 47.9 Å². The highest BCUT2D eigenvalue weighted by atomic mass is 32.1. The smallest absolute Gasteiger partial charge is 0.264 e. The van der Waals surface area contributed by atoms with E-state index in [4.69, 9.17) is 5.73 Å². The molecule has 2 fully saturated rings. The van der Waals surface area contributed by atoms with Crippen molar-refractivity contribution in [2.75, 3.05) is 31.9 Å². The molecule has 1 amide bonds. The minimum atomic E-state index is 0.171. The number of piperazine rings is 1. The first-order valence-electron chi connectivity index (χ1n) is 7.53. The minimum absolute atomic E-state index is 0.171. The molecule has 110 valence electrons. The summed E-state index contributed by atoms with van der Waals surface area (Å²) in [4.78, 5) is 18.0. The van der Waals surface area contributed by atoms with Gasteiger partial charge in [-0.15, -0.1) is 11.3 Å². The van der Waals surface area contributed by atoms with Crippen LogP contribution in [0.2, 0.25) is 0 Å². The number of carbonyl (C=O) groups is 1. The quantitative estimate of drug-likeness (QED) is 0.867. The Morgan fingerprint density at radius 1 is 1.14 bits per heavy atom. The average Bonchev–Trinajstić information content (AvgIpc) is 3.26. The molecule has 2 heterocycles. The Bertz CT molecular complexity index is 684. The first kappa shape index (κ1) is 13.1. The van der Waals surface area contributed by atoms with Gasteiger partial charge in [0.25, 0.3) is 5.91 Å². The van der Waals surface area contributed by atoms with Crippen molar-refractivity contribution < 1.29 is 4.79 Å². The van der Waals surface area contributed by atoms with Gasteiger partial charge in [-0.3, -0.25) is 9.69 Å². The summed E-state index contributed by atoms with van der Waals surface area (Å²) < 4.78 is 1.13. The van der Waals surface area contributed by atoms with Crippen LogP contribution >= 0.6 is 11.3 Å². The maximum Gasteiger partial charge on any atom is 0.264 e. The molecule has 5 heteroatoms. The monoisotopic (exact) mass is 301 g/mol. The summed E-state index contributed by atoms with van der Waals surface area (Å²) in [6.45, 7) is 3.75. The molecule has 2 N–H and O–H groups in total. The van der Waals surface area contributed by atoms with Gasteiger partial charge in [-0.05, 0) is 42.5 Å². The highest BCUT2D eigenvalue weighted by molar-refractivity contribution is 7.20. The maximum atomic E-state index is 12.6. The molecule has 2 aliphatic rings. The van der Waals surface area contributed by atoms with Gasteiger partial charge in [0.05, 0.1) is 4.88 Å². The molecule has 0 bridgehead atoms. The fourth-order valence-corrected chi connectivity index (χ4v) is 4.06. The van der Waals surface area contributed by atoms with Crippen LogP contribution in [0.15, 0.2) is 24.3 Å². The molecule has 0 unspecified atom stereocenters. The van der Waals surface area contributed by atoms with E-state index in [9.17, 15) is 4.79 Å². The fourth-order valence-electron chi connectivity index (χ4n) is 3.05. The van der Waals surface area contributed by atoms with Crippen LogP contribution in [0.4, 0.5) is 5.69 Å². The summed E-state index contributed by atoms with van der Waals surface area (Å²) in [5, 5.41) is 1.07. The predicted molar refractivity (Wildman–Crippen MR) is 86.7 cm³/mol. The van der Waals surface area contributed by atoms with E-state index in [2.05, 4.69) is 4.90 Å². The normalized spacial score (nSPS) is 20.1. The maximum absolute atomic E-state index is 12.6. The van der Waals surface area contributed by atoms with Gasteiger partial charge in [0.1, 0.15) is 0 Å². The lowest BCUT2D eigenvalue weighted by atomic mass is 10.2. The van der Waals surface area contributed by atoms with E-state index in [1.807, 2.05) is 29.2 Å². The molecule has 4 nitrogen and oxygen atoms in total. The number of anilines is 1. The Kier molecular flexibility index (Phi) is 3.12. The highest BCUT2D eigenvalue weighted by Gasteiger charge is 2.32. The number of fused-ring (bicyclic) bond motifs is 1. The van der Waals surface area contributed by atoms with Crippen molar-refractivity contribution in [2.45, 2.75) is 18.9 Å².